The highest BCUT2D eigenvalue weighted by atomic mass is 16.3. The van der Waals surface area contributed by atoms with E-state index in [2.05, 4.69) is 193 Å². The third kappa shape index (κ3) is 5.28. The zero-order chi connectivity index (χ0) is 34.4. The molecule has 0 aliphatic carbocycles. The van der Waals surface area contributed by atoms with Crippen molar-refractivity contribution in [2.24, 2.45) is 0 Å². The first-order valence-corrected chi connectivity index (χ1v) is 17.6. The van der Waals surface area contributed by atoms with E-state index in [1.165, 1.54) is 38.1 Å². The van der Waals surface area contributed by atoms with Gasteiger partial charge in [-0.25, -0.2) is 4.98 Å². The molecule has 0 atom stereocenters. The summed E-state index contributed by atoms with van der Waals surface area (Å²) in [6.45, 7) is 0. The van der Waals surface area contributed by atoms with E-state index >= 15 is 0 Å². The summed E-state index contributed by atoms with van der Waals surface area (Å²) in [6, 6.07) is 68.9. The van der Waals surface area contributed by atoms with Crippen LogP contribution in [0, 0.1) is 0 Å². The molecule has 0 aliphatic heterocycles. The standard InChI is InChI=1S/C49H32N2O/c1-3-13-37-30-40(23-22-33(37)10-1)49-50-47-21-9-20-46(48(47)52-49)36-25-27-41(28-26-36)51(43-29-24-34-11-2-4-14-38(34)31-43)42-17-7-16-39(32-42)45-19-8-15-35-12-5-6-18-44(35)45/h1-32H. The number of hydrogen-bond donors (Lipinski definition) is 0. The number of benzene rings is 9. The summed E-state index contributed by atoms with van der Waals surface area (Å²) in [7, 11) is 0. The third-order valence-electron chi connectivity index (χ3n) is 10.0. The maximum absolute atomic E-state index is 6.51. The van der Waals surface area contributed by atoms with E-state index in [1.54, 1.807) is 0 Å². The van der Waals surface area contributed by atoms with E-state index in [4.69, 9.17) is 9.40 Å². The lowest BCUT2D eigenvalue weighted by atomic mass is 9.97. The van der Waals surface area contributed by atoms with Gasteiger partial charge in [-0.1, -0.05) is 140 Å². The molecule has 0 saturated carbocycles. The van der Waals surface area contributed by atoms with Crippen molar-refractivity contribution in [3.05, 3.63) is 194 Å². The van der Waals surface area contributed by atoms with E-state index in [0.717, 1.165) is 50.2 Å². The van der Waals surface area contributed by atoms with Gasteiger partial charge in [0.25, 0.3) is 0 Å². The average molecular weight is 665 g/mol. The Balaban J connectivity index is 1.07. The fraction of sp³-hybridized carbons (Fsp3) is 0. The van der Waals surface area contributed by atoms with Gasteiger partial charge in [0.15, 0.2) is 5.58 Å². The molecule has 1 heterocycles. The van der Waals surface area contributed by atoms with Crippen LogP contribution >= 0.6 is 0 Å². The molecule has 0 aliphatic rings. The number of oxazole rings is 1. The average Bonchev–Trinajstić information content (AvgIpc) is 3.66. The predicted molar refractivity (Wildman–Crippen MR) is 218 cm³/mol. The molecule has 244 valence electrons. The monoisotopic (exact) mass is 664 g/mol. The summed E-state index contributed by atoms with van der Waals surface area (Å²) >= 11 is 0. The van der Waals surface area contributed by atoms with Gasteiger partial charge in [-0.05, 0) is 104 Å². The number of aromatic nitrogens is 1. The Morgan fingerprint density at radius 3 is 1.79 bits per heavy atom. The van der Waals surface area contributed by atoms with Crippen molar-refractivity contribution in [2.75, 3.05) is 4.90 Å². The van der Waals surface area contributed by atoms with Crippen molar-refractivity contribution in [3.63, 3.8) is 0 Å². The van der Waals surface area contributed by atoms with E-state index in [9.17, 15) is 0 Å². The number of rotatable bonds is 6. The summed E-state index contributed by atoms with van der Waals surface area (Å²) in [5.41, 5.74) is 10.3. The van der Waals surface area contributed by atoms with Crippen LogP contribution in [0.4, 0.5) is 17.1 Å². The molecule has 0 saturated heterocycles. The smallest absolute Gasteiger partial charge is 0.227 e. The third-order valence-corrected chi connectivity index (χ3v) is 10.0. The van der Waals surface area contributed by atoms with Gasteiger partial charge >= 0.3 is 0 Å². The van der Waals surface area contributed by atoms with Crippen LogP contribution in [0.25, 0.3) is 77.1 Å². The Morgan fingerprint density at radius 2 is 0.962 bits per heavy atom. The van der Waals surface area contributed by atoms with E-state index in [0.29, 0.717) is 5.89 Å². The molecule has 0 unspecified atom stereocenters. The second kappa shape index (κ2) is 12.4. The second-order valence-electron chi connectivity index (χ2n) is 13.2. The van der Waals surface area contributed by atoms with Crippen LogP contribution in [0.3, 0.4) is 0 Å². The summed E-state index contributed by atoms with van der Waals surface area (Å²) in [5.74, 6) is 0.623. The molecule has 0 radical (unpaired) electrons. The van der Waals surface area contributed by atoms with Crippen molar-refractivity contribution in [3.8, 4) is 33.7 Å². The van der Waals surface area contributed by atoms with Gasteiger partial charge in [-0.15, -0.1) is 0 Å². The Labute approximate surface area is 301 Å². The largest absolute Gasteiger partial charge is 0.435 e. The van der Waals surface area contributed by atoms with Crippen molar-refractivity contribution < 1.29 is 4.42 Å². The van der Waals surface area contributed by atoms with E-state index < -0.39 is 0 Å². The molecule has 1 aromatic heterocycles. The fourth-order valence-corrected chi connectivity index (χ4v) is 7.46. The highest BCUT2D eigenvalue weighted by Gasteiger charge is 2.17. The molecule has 52 heavy (non-hydrogen) atoms. The molecule has 0 bridgehead atoms. The number of hydrogen-bond acceptors (Lipinski definition) is 3. The number of para-hydroxylation sites is 1. The van der Waals surface area contributed by atoms with E-state index in [1.807, 2.05) is 6.07 Å². The molecular formula is C49H32N2O. The van der Waals surface area contributed by atoms with Crippen LogP contribution in [0.5, 0.6) is 0 Å². The summed E-state index contributed by atoms with van der Waals surface area (Å²) in [4.78, 5) is 7.25. The lowest BCUT2D eigenvalue weighted by Crippen LogP contribution is -2.10. The van der Waals surface area contributed by atoms with Crippen LogP contribution in [0.15, 0.2) is 199 Å². The van der Waals surface area contributed by atoms with E-state index in [-0.39, 0.29) is 0 Å². The fourth-order valence-electron chi connectivity index (χ4n) is 7.46. The van der Waals surface area contributed by atoms with Gasteiger partial charge in [0.05, 0.1) is 0 Å². The Hall–Kier alpha value is -6.97. The Kier molecular flexibility index (Phi) is 7.14. The first-order valence-electron chi connectivity index (χ1n) is 17.6. The molecule has 10 aromatic rings. The first-order chi connectivity index (χ1) is 25.7. The topological polar surface area (TPSA) is 29.3 Å². The highest BCUT2D eigenvalue weighted by Crippen LogP contribution is 2.40. The first kappa shape index (κ1) is 29.9. The Bertz CT molecular complexity index is 2920. The zero-order valence-corrected chi connectivity index (χ0v) is 28.3. The summed E-state index contributed by atoms with van der Waals surface area (Å²) in [5, 5.41) is 7.26. The molecule has 10 rings (SSSR count). The van der Waals surface area contributed by atoms with Gasteiger partial charge < -0.3 is 9.32 Å². The lowest BCUT2D eigenvalue weighted by molar-refractivity contribution is 0.621. The van der Waals surface area contributed by atoms with Gasteiger partial charge in [-0.3, -0.25) is 0 Å². The number of nitrogens with zero attached hydrogens (tertiary/aromatic N) is 2. The minimum Gasteiger partial charge on any atom is -0.435 e. The van der Waals surface area contributed by atoms with Crippen molar-refractivity contribution in [2.45, 2.75) is 0 Å². The van der Waals surface area contributed by atoms with Crippen LogP contribution in [0.2, 0.25) is 0 Å². The van der Waals surface area contributed by atoms with Crippen molar-refractivity contribution in [1.29, 1.82) is 0 Å². The van der Waals surface area contributed by atoms with Gasteiger partial charge in [-0.2, -0.15) is 0 Å². The quantitative estimate of drug-likeness (QED) is 0.177. The number of fused-ring (bicyclic) bond motifs is 4. The highest BCUT2D eigenvalue weighted by molar-refractivity contribution is 5.98. The molecule has 3 heteroatoms. The lowest BCUT2D eigenvalue weighted by Gasteiger charge is -2.26. The Morgan fingerprint density at radius 1 is 0.365 bits per heavy atom. The molecule has 0 N–H and O–H groups in total. The number of anilines is 3. The molecular weight excluding hydrogens is 633 g/mol. The van der Waals surface area contributed by atoms with Crippen molar-refractivity contribution >= 4 is 60.5 Å². The SMILES string of the molecule is c1cc(-c2cccc3ccccc23)cc(N(c2ccc(-c3cccc4nc(-c5ccc6ccccc6c5)oc34)cc2)c2ccc3ccccc3c2)c1. The normalized spacial score (nSPS) is 11.5. The molecule has 3 nitrogen and oxygen atoms in total. The minimum absolute atomic E-state index is 0.623. The van der Waals surface area contributed by atoms with Crippen LogP contribution in [-0.2, 0) is 0 Å². The summed E-state index contributed by atoms with van der Waals surface area (Å²) in [6.07, 6.45) is 0. The molecule has 9 aromatic carbocycles. The second-order valence-corrected chi connectivity index (χ2v) is 13.2. The minimum atomic E-state index is 0.623. The maximum Gasteiger partial charge on any atom is 0.227 e. The predicted octanol–water partition coefficient (Wildman–Crippen LogP) is 13.8. The van der Waals surface area contributed by atoms with Crippen LogP contribution in [0.1, 0.15) is 0 Å². The van der Waals surface area contributed by atoms with Crippen molar-refractivity contribution in [1.82, 2.24) is 4.98 Å². The van der Waals surface area contributed by atoms with Gasteiger partial charge in [0, 0.05) is 28.2 Å². The van der Waals surface area contributed by atoms with Crippen LogP contribution < -0.4 is 4.90 Å². The van der Waals surface area contributed by atoms with Gasteiger partial charge in [0.1, 0.15) is 5.52 Å². The van der Waals surface area contributed by atoms with Crippen LogP contribution in [-0.4, -0.2) is 4.98 Å². The summed E-state index contributed by atoms with van der Waals surface area (Å²) < 4.78 is 6.51. The molecule has 0 amide bonds. The zero-order valence-electron chi connectivity index (χ0n) is 28.3. The van der Waals surface area contributed by atoms with Gasteiger partial charge in [0.2, 0.25) is 5.89 Å². The molecule has 0 spiro atoms. The maximum atomic E-state index is 6.51. The molecule has 0 fully saturated rings.